The van der Waals surface area contributed by atoms with Crippen molar-refractivity contribution in [3.8, 4) is 5.75 Å². The maximum Gasteiger partial charge on any atom is 0.161 e. The van der Waals surface area contributed by atoms with Gasteiger partial charge in [0.15, 0.2) is 11.6 Å². The number of aliphatic hydroxyl groups is 1. The molecule has 2 nitrogen and oxygen atoms in total. The van der Waals surface area contributed by atoms with Crippen LogP contribution in [0.15, 0.2) is 36.4 Å². The standard InChI is InChI=1S/C15H13F3O2/c1-20-10-4-2-9(3-5-10)6-15(19)11-7-13(17)14(18)8-12(11)16/h2-5,7-8,15,19H,6H2,1H3. The summed E-state index contributed by atoms with van der Waals surface area (Å²) in [6.07, 6.45) is -1.16. The molecular formula is C15H13F3O2. The fourth-order valence-electron chi connectivity index (χ4n) is 1.89. The van der Waals surface area contributed by atoms with Gasteiger partial charge in [-0.15, -0.1) is 0 Å². The minimum atomic E-state index is -1.28. The van der Waals surface area contributed by atoms with Crippen LogP contribution in [0.2, 0.25) is 0 Å². The monoisotopic (exact) mass is 282 g/mol. The molecule has 0 aliphatic carbocycles. The van der Waals surface area contributed by atoms with E-state index in [0.717, 1.165) is 5.56 Å². The zero-order valence-electron chi connectivity index (χ0n) is 10.7. The summed E-state index contributed by atoms with van der Waals surface area (Å²) in [5.41, 5.74) is 0.460. The summed E-state index contributed by atoms with van der Waals surface area (Å²) in [7, 11) is 1.53. The highest BCUT2D eigenvalue weighted by Gasteiger charge is 2.17. The van der Waals surface area contributed by atoms with E-state index in [1.807, 2.05) is 0 Å². The largest absolute Gasteiger partial charge is 0.497 e. The molecule has 0 spiro atoms. The van der Waals surface area contributed by atoms with Gasteiger partial charge < -0.3 is 9.84 Å². The minimum Gasteiger partial charge on any atom is -0.497 e. The molecule has 0 aliphatic rings. The average Bonchev–Trinajstić information content (AvgIpc) is 2.43. The lowest BCUT2D eigenvalue weighted by Crippen LogP contribution is -2.06. The van der Waals surface area contributed by atoms with Crippen molar-refractivity contribution in [3.63, 3.8) is 0 Å². The van der Waals surface area contributed by atoms with Crippen LogP contribution in [0.3, 0.4) is 0 Å². The van der Waals surface area contributed by atoms with Crippen molar-refractivity contribution >= 4 is 0 Å². The highest BCUT2D eigenvalue weighted by Crippen LogP contribution is 2.24. The third-order valence-electron chi connectivity index (χ3n) is 2.99. The van der Waals surface area contributed by atoms with Crippen LogP contribution in [0.25, 0.3) is 0 Å². The van der Waals surface area contributed by atoms with E-state index in [1.54, 1.807) is 24.3 Å². The van der Waals surface area contributed by atoms with Crippen LogP contribution in [-0.2, 0) is 6.42 Å². The summed E-state index contributed by atoms with van der Waals surface area (Å²) in [6.45, 7) is 0. The predicted molar refractivity (Wildman–Crippen MR) is 68.0 cm³/mol. The Balaban J connectivity index is 2.18. The smallest absolute Gasteiger partial charge is 0.161 e. The molecule has 0 amide bonds. The van der Waals surface area contributed by atoms with Crippen LogP contribution < -0.4 is 4.74 Å². The summed E-state index contributed by atoms with van der Waals surface area (Å²) >= 11 is 0. The summed E-state index contributed by atoms with van der Waals surface area (Å²) in [5, 5.41) is 9.94. The van der Waals surface area contributed by atoms with Gasteiger partial charge in [0.25, 0.3) is 0 Å². The van der Waals surface area contributed by atoms with Gasteiger partial charge in [0.05, 0.1) is 13.2 Å². The summed E-state index contributed by atoms with van der Waals surface area (Å²) in [4.78, 5) is 0. The predicted octanol–water partition coefficient (Wildman–Crippen LogP) is 3.39. The number of hydrogen-bond acceptors (Lipinski definition) is 2. The normalized spacial score (nSPS) is 12.2. The van der Waals surface area contributed by atoms with Gasteiger partial charge in [-0.05, 0) is 23.8 Å². The van der Waals surface area contributed by atoms with E-state index in [9.17, 15) is 18.3 Å². The maximum atomic E-state index is 13.5. The Kier molecular flexibility index (Phi) is 4.29. The number of rotatable bonds is 4. The second kappa shape index (κ2) is 5.96. The lowest BCUT2D eigenvalue weighted by atomic mass is 10.0. The molecule has 0 saturated heterocycles. The number of ether oxygens (including phenoxy) is 1. The number of halogens is 3. The second-order valence-corrected chi connectivity index (χ2v) is 4.36. The fraction of sp³-hybridized carbons (Fsp3) is 0.200. The molecule has 2 rings (SSSR count). The van der Waals surface area contributed by atoms with E-state index in [2.05, 4.69) is 0 Å². The Bertz CT molecular complexity index is 597. The topological polar surface area (TPSA) is 29.5 Å². The van der Waals surface area contributed by atoms with Crippen LogP contribution in [-0.4, -0.2) is 12.2 Å². The van der Waals surface area contributed by atoms with Crippen molar-refractivity contribution in [1.29, 1.82) is 0 Å². The number of aliphatic hydroxyl groups excluding tert-OH is 1. The number of benzene rings is 2. The van der Waals surface area contributed by atoms with Crippen molar-refractivity contribution in [3.05, 3.63) is 65.0 Å². The van der Waals surface area contributed by atoms with Crippen LogP contribution in [0.1, 0.15) is 17.2 Å². The van der Waals surface area contributed by atoms with Gasteiger partial charge in [-0.1, -0.05) is 12.1 Å². The first kappa shape index (κ1) is 14.4. The summed E-state index contributed by atoms with van der Waals surface area (Å²) in [6, 6.07) is 7.92. The summed E-state index contributed by atoms with van der Waals surface area (Å²) in [5.74, 6) is -2.77. The van der Waals surface area contributed by atoms with Crippen LogP contribution in [0.4, 0.5) is 13.2 Å². The van der Waals surface area contributed by atoms with E-state index >= 15 is 0 Å². The molecule has 1 N–H and O–H groups in total. The molecule has 5 heteroatoms. The Morgan fingerprint density at radius 3 is 2.20 bits per heavy atom. The number of hydrogen-bond donors (Lipinski definition) is 1. The maximum absolute atomic E-state index is 13.5. The molecule has 106 valence electrons. The van der Waals surface area contributed by atoms with Gasteiger partial charge in [0.1, 0.15) is 11.6 Å². The van der Waals surface area contributed by atoms with E-state index in [-0.39, 0.29) is 12.0 Å². The second-order valence-electron chi connectivity index (χ2n) is 4.36. The van der Waals surface area contributed by atoms with Crippen molar-refractivity contribution in [1.82, 2.24) is 0 Å². The van der Waals surface area contributed by atoms with Gasteiger partial charge >= 0.3 is 0 Å². The molecule has 0 saturated carbocycles. The average molecular weight is 282 g/mol. The van der Waals surface area contributed by atoms with Crippen molar-refractivity contribution in [2.75, 3.05) is 7.11 Å². The molecule has 0 fully saturated rings. The molecule has 0 heterocycles. The van der Waals surface area contributed by atoms with Crippen molar-refractivity contribution in [2.24, 2.45) is 0 Å². The first-order valence-electron chi connectivity index (χ1n) is 5.96. The van der Waals surface area contributed by atoms with E-state index < -0.39 is 23.6 Å². The van der Waals surface area contributed by atoms with Crippen LogP contribution in [0, 0.1) is 17.5 Å². The van der Waals surface area contributed by atoms with Crippen molar-refractivity contribution < 1.29 is 23.0 Å². The van der Waals surface area contributed by atoms with Crippen LogP contribution in [0.5, 0.6) is 5.75 Å². The molecule has 1 atom stereocenters. The van der Waals surface area contributed by atoms with Crippen LogP contribution >= 0.6 is 0 Å². The molecule has 1 unspecified atom stereocenters. The lowest BCUT2D eigenvalue weighted by Gasteiger charge is -2.13. The van der Waals surface area contributed by atoms with Gasteiger partial charge in [-0.25, -0.2) is 13.2 Å². The first-order chi connectivity index (χ1) is 9.51. The lowest BCUT2D eigenvalue weighted by molar-refractivity contribution is 0.172. The molecule has 0 bridgehead atoms. The van der Waals surface area contributed by atoms with Gasteiger partial charge in [0.2, 0.25) is 0 Å². The van der Waals surface area contributed by atoms with Gasteiger partial charge in [0, 0.05) is 18.1 Å². The highest BCUT2D eigenvalue weighted by atomic mass is 19.2. The molecule has 0 radical (unpaired) electrons. The Hall–Kier alpha value is -2.01. The van der Waals surface area contributed by atoms with Gasteiger partial charge in [-0.2, -0.15) is 0 Å². The minimum absolute atomic E-state index is 0.0893. The highest BCUT2D eigenvalue weighted by molar-refractivity contribution is 5.29. The third-order valence-corrected chi connectivity index (χ3v) is 2.99. The van der Waals surface area contributed by atoms with E-state index in [4.69, 9.17) is 4.74 Å². The van der Waals surface area contributed by atoms with Crippen molar-refractivity contribution in [2.45, 2.75) is 12.5 Å². The van der Waals surface area contributed by atoms with Gasteiger partial charge in [-0.3, -0.25) is 0 Å². The third kappa shape index (κ3) is 3.11. The molecule has 2 aromatic carbocycles. The summed E-state index contributed by atoms with van der Waals surface area (Å²) < 4.78 is 44.4. The zero-order valence-corrected chi connectivity index (χ0v) is 10.7. The number of methoxy groups -OCH3 is 1. The first-order valence-corrected chi connectivity index (χ1v) is 5.96. The fourth-order valence-corrected chi connectivity index (χ4v) is 1.89. The molecule has 20 heavy (non-hydrogen) atoms. The molecular weight excluding hydrogens is 269 g/mol. The molecule has 0 aromatic heterocycles. The SMILES string of the molecule is COc1ccc(CC(O)c2cc(F)c(F)cc2F)cc1. The van der Waals surface area contributed by atoms with E-state index in [1.165, 1.54) is 7.11 Å². The Morgan fingerprint density at radius 2 is 1.60 bits per heavy atom. The Morgan fingerprint density at radius 1 is 1.00 bits per heavy atom. The quantitative estimate of drug-likeness (QED) is 0.871. The molecule has 2 aromatic rings. The molecule has 0 aliphatic heterocycles. The zero-order chi connectivity index (χ0) is 14.7. The van der Waals surface area contributed by atoms with E-state index in [0.29, 0.717) is 17.9 Å². The Labute approximate surface area is 114 Å².